The van der Waals surface area contributed by atoms with Crippen LogP contribution >= 0.6 is 11.3 Å². The molecule has 4 aromatic rings. The summed E-state index contributed by atoms with van der Waals surface area (Å²) in [5.74, 6) is 1.06. The molecule has 8 heteroatoms. The highest BCUT2D eigenvalue weighted by molar-refractivity contribution is 7.09. The van der Waals surface area contributed by atoms with Gasteiger partial charge >= 0.3 is 0 Å². The van der Waals surface area contributed by atoms with E-state index in [9.17, 15) is 9.59 Å². The third-order valence-corrected chi connectivity index (χ3v) is 7.65. The van der Waals surface area contributed by atoms with Crippen LogP contribution < -0.4 is 9.47 Å². The number of benzene rings is 3. The molecule has 0 atom stereocenters. The first-order chi connectivity index (χ1) is 19.5. The third-order valence-electron chi connectivity index (χ3n) is 6.78. The second-order valence-corrected chi connectivity index (χ2v) is 10.5. The van der Waals surface area contributed by atoms with Crippen molar-refractivity contribution in [2.24, 2.45) is 0 Å². The predicted octanol–water partition coefficient (Wildman–Crippen LogP) is 5.67. The molecular formula is C32H36N2O5S. The van der Waals surface area contributed by atoms with Gasteiger partial charge in [0, 0.05) is 37.2 Å². The van der Waals surface area contributed by atoms with E-state index in [4.69, 9.17) is 14.2 Å². The average molecular weight is 561 g/mol. The topological polar surface area (TPSA) is 68.3 Å². The number of hydrogen-bond donors (Lipinski definition) is 0. The van der Waals surface area contributed by atoms with Gasteiger partial charge in [-0.1, -0.05) is 42.5 Å². The Hall–Kier alpha value is -3.88. The molecule has 0 spiro atoms. The van der Waals surface area contributed by atoms with Crippen molar-refractivity contribution in [1.29, 1.82) is 0 Å². The zero-order valence-electron chi connectivity index (χ0n) is 23.3. The van der Waals surface area contributed by atoms with Crippen LogP contribution in [0.2, 0.25) is 0 Å². The van der Waals surface area contributed by atoms with E-state index in [1.54, 1.807) is 37.6 Å². The van der Waals surface area contributed by atoms with Gasteiger partial charge in [0.25, 0.3) is 5.91 Å². The highest BCUT2D eigenvalue weighted by atomic mass is 32.1. The zero-order valence-corrected chi connectivity index (χ0v) is 24.1. The van der Waals surface area contributed by atoms with Crippen molar-refractivity contribution in [2.45, 2.75) is 19.4 Å². The van der Waals surface area contributed by atoms with E-state index in [2.05, 4.69) is 0 Å². The average Bonchev–Trinajstić information content (AvgIpc) is 3.51. The van der Waals surface area contributed by atoms with E-state index in [-0.39, 0.29) is 18.4 Å². The van der Waals surface area contributed by atoms with Gasteiger partial charge in [0.1, 0.15) is 6.54 Å². The lowest BCUT2D eigenvalue weighted by Gasteiger charge is -2.28. The molecule has 0 unspecified atom stereocenters. The number of carbonyl (C=O) groups excluding carboxylic acids is 2. The van der Waals surface area contributed by atoms with Crippen LogP contribution in [-0.4, -0.2) is 69.2 Å². The van der Waals surface area contributed by atoms with Crippen molar-refractivity contribution in [3.05, 3.63) is 94.2 Å². The molecule has 0 radical (unpaired) electrons. The number of ether oxygens (including phenoxy) is 3. The van der Waals surface area contributed by atoms with Crippen molar-refractivity contribution in [3.8, 4) is 11.5 Å². The predicted molar refractivity (Wildman–Crippen MR) is 159 cm³/mol. The Balaban J connectivity index is 1.53. The molecule has 3 aromatic carbocycles. The summed E-state index contributed by atoms with van der Waals surface area (Å²) in [6.07, 6.45) is 1.28. The van der Waals surface area contributed by atoms with Crippen LogP contribution in [0.1, 0.15) is 27.2 Å². The molecule has 0 aliphatic heterocycles. The summed E-state index contributed by atoms with van der Waals surface area (Å²) in [6.45, 7) is 1.91. The monoisotopic (exact) mass is 560 g/mol. The Bertz CT molecular complexity index is 1410. The van der Waals surface area contributed by atoms with Gasteiger partial charge in [-0.15, -0.1) is 11.3 Å². The van der Waals surface area contributed by atoms with Gasteiger partial charge in [-0.25, -0.2) is 0 Å². The zero-order chi connectivity index (χ0) is 28.3. The molecule has 0 saturated heterocycles. The third kappa shape index (κ3) is 7.61. The van der Waals surface area contributed by atoms with Crippen LogP contribution in [0.25, 0.3) is 10.8 Å². The molecule has 4 rings (SSSR count). The summed E-state index contributed by atoms with van der Waals surface area (Å²) in [5.41, 5.74) is 1.60. The summed E-state index contributed by atoms with van der Waals surface area (Å²) in [7, 11) is 4.85. The van der Waals surface area contributed by atoms with Gasteiger partial charge in [-0.05, 0) is 64.9 Å². The lowest BCUT2D eigenvalue weighted by Crippen LogP contribution is -2.43. The van der Waals surface area contributed by atoms with Gasteiger partial charge in [-0.2, -0.15) is 0 Å². The molecule has 7 nitrogen and oxygen atoms in total. The molecule has 1 heterocycles. The van der Waals surface area contributed by atoms with Crippen LogP contribution in [0.4, 0.5) is 0 Å². The van der Waals surface area contributed by atoms with E-state index >= 15 is 0 Å². The van der Waals surface area contributed by atoms with Gasteiger partial charge in [0.2, 0.25) is 5.91 Å². The van der Waals surface area contributed by atoms with Crippen molar-refractivity contribution in [1.82, 2.24) is 9.80 Å². The fraction of sp³-hybridized carbons (Fsp3) is 0.312. The molecule has 0 fully saturated rings. The first kappa shape index (κ1) is 29.1. The fourth-order valence-corrected chi connectivity index (χ4v) is 5.32. The number of fused-ring (bicyclic) bond motifs is 1. The maximum Gasteiger partial charge on any atom is 0.254 e. The number of methoxy groups -OCH3 is 3. The minimum absolute atomic E-state index is 0.00726. The molecule has 40 heavy (non-hydrogen) atoms. The molecule has 0 saturated carbocycles. The van der Waals surface area contributed by atoms with E-state index in [1.165, 1.54) is 0 Å². The molecule has 1 aromatic heterocycles. The number of thiophene rings is 1. The normalized spacial score (nSPS) is 10.9. The quantitative estimate of drug-likeness (QED) is 0.186. The maximum atomic E-state index is 13.8. The molecule has 0 N–H and O–H groups in total. The van der Waals surface area contributed by atoms with Crippen molar-refractivity contribution >= 4 is 33.9 Å². The van der Waals surface area contributed by atoms with Gasteiger partial charge in [0.05, 0.1) is 20.8 Å². The smallest absolute Gasteiger partial charge is 0.254 e. The lowest BCUT2D eigenvalue weighted by molar-refractivity contribution is -0.132. The van der Waals surface area contributed by atoms with Crippen LogP contribution in [0, 0.1) is 0 Å². The van der Waals surface area contributed by atoms with Gasteiger partial charge in [0.15, 0.2) is 11.5 Å². The summed E-state index contributed by atoms with van der Waals surface area (Å²) in [5, 5.41) is 4.07. The van der Waals surface area contributed by atoms with Crippen molar-refractivity contribution in [3.63, 3.8) is 0 Å². The van der Waals surface area contributed by atoms with Crippen molar-refractivity contribution in [2.75, 3.05) is 47.6 Å². The fourth-order valence-electron chi connectivity index (χ4n) is 4.60. The van der Waals surface area contributed by atoms with Crippen LogP contribution in [0.3, 0.4) is 0 Å². The molecule has 0 bridgehead atoms. The standard InChI is InChI=1S/C32H36N2O5S/c1-37-18-7-16-34(32(36)27-13-12-25-8-4-5-9-26(25)21-27)23-31(35)33(22-28-10-6-19-40-28)17-15-24-11-14-29(38-2)30(20-24)39-3/h4-6,8-14,19-21H,7,15-18,22-23H2,1-3H3. The summed E-state index contributed by atoms with van der Waals surface area (Å²) < 4.78 is 16.0. The Morgan fingerprint density at radius 1 is 0.800 bits per heavy atom. The number of nitrogens with zero attached hydrogens (tertiary/aromatic N) is 2. The maximum absolute atomic E-state index is 13.8. The minimum atomic E-state index is -0.161. The molecule has 0 aliphatic rings. The summed E-state index contributed by atoms with van der Waals surface area (Å²) >= 11 is 1.61. The largest absolute Gasteiger partial charge is 0.493 e. The van der Waals surface area contributed by atoms with E-state index in [1.807, 2.05) is 83.1 Å². The first-order valence-electron chi connectivity index (χ1n) is 13.3. The Labute approximate surface area is 239 Å². The SMILES string of the molecule is COCCCN(CC(=O)N(CCc1ccc(OC)c(OC)c1)Cc1cccs1)C(=O)c1ccc2ccccc2c1. The number of carbonyl (C=O) groups is 2. The second-order valence-electron chi connectivity index (χ2n) is 9.47. The second kappa shape index (κ2) is 14.5. The van der Waals surface area contributed by atoms with Crippen LogP contribution in [-0.2, 0) is 22.5 Å². The number of hydrogen-bond acceptors (Lipinski definition) is 6. The Morgan fingerprint density at radius 2 is 1.60 bits per heavy atom. The highest BCUT2D eigenvalue weighted by Crippen LogP contribution is 2.28. The highest BCUT2D eigenvalue weighted by Gasteiger charge is 2.23. The molecule has 210 valence electrons. The molecule has 0 aliphatic carbocycles. The van der Waals surface area contributed by atoms with Gasteiger partial charge < -0.3 is 24.0 Å². The lowest BCUT2D eigenvalue weighted by atomic mass is 10.1. The molecular weight excluding hydrogens is 524 g/mol. The van der Waals surface area contributed by atoms with Crippen molar-refractivity contribution < 1.29 is 23.8 Å². The first-order valence-corrected chi connectivity index (χ1v) is 14.2. The molecule has 2 amide bonds. The Kier molecular flexibility index (Phi) is 10.5. The van der Waals surface area contributed by atoms with E-state index < -0.39 is 0 Å². The summed E-state index contributed by atoms with van der Waals surface area (Å²) in [6, 6.07) is 23.4. The summed E-state index contributed by atoms with van der Waals surface area (Å²) in [4.78, 5) is 32.0. The van der Waals surface area contributed by atoms with Crippen LogP contribution in [0.15, 0.2) is 78.2 Å². The minimum Gasteiger partial charge on any atom is -0.493 e. The van der Waals surface area contributed by atoms with Crippen LogP contribution in [0.5, 0.6) is 11.5 Å². The number of amides is 2. The van der Waals surface area contributed by atoms with E-state index in [0.717, 1.165) is 21.2 Å². The number of rotatable bonds is 14. The Morgan fingerprint density at radius 3 is 2.33 bits per heavy atom. The van der Waals surface area contributed by atoms with Gasteiger partial charge in [-0.3, -0.25) is 9.59 Å². The van der Waals surface area contributed by atoms with E-state index in [0.29, 0.717) is 56.1 Å².